The van der Waals surface area contributed by atoms with Gasteiger partial charge in [0.25, 0.3) is 0 Å². The molecule has 1 aliphatic rings. The fraction of sp³-hybridized carbons (Fsp3) is 0.250. The Bertz CT molecular complexity index is 953. The van der Waals surface area contributed by atoms with Crippen LogP contribution in [0.2, 0.25) is 0 Å². The zero-order valence-electron chi connectivity index (χ0n) is 14.4. The number of rotatable bonds is 4. The quantitative estimate of drug-likeness (QED) is 0.625. The second kappa shape index (κ2) is 7.03. The molecular weight excluding hydrogens is 394 g/mol. The maximum absolute atomic E-state index is 12.4. The van der Waals surface area contributed by atoms with Gasteiger partial charge in [-0.05, 0) is 36.6 Å². The Morgan fingerprint density at radius 3 is 2.88 bits per heavy atom. The van der Waals surface area contributed by atoms with Crippen LogP contribution in [0.3, 0.4) is 0 Å². The van der Waals surface area contributed by atoms with Crippen molar-refractivity contribution in [1.29, 1.82) is 0 Å². The fourth-order valence-corrected chi connectivity index (χ4v) is 3.77. The molecule has 1 amide bonds. The van der Waals surface area contributed by atoms with Gasteiger partial charge in [-0.2, -0.15) is 4.98 Å². The number of likely N-dealkylation sites (tertiary alicyclic amines) is 1. The van der Waals surface area contributed by atoms with Crippen molar-refractivity contribution in [3.8, 4) is 11.4 Å². The predicted octanol–water partition coefficient (Wildman–Crippen LogP) is 4.67. The summed E-state index contributed by atoms with van der Waals surface area (Å²) >= 11 is 3.48. The molecule has 1 saturated heterocycles. The zero-order chi connectivity index (χ0) is 18.1. The summed E-state index contributed by atoms with van der Waals surface area (Å²) in [5, 5.41) is 4.14. The Kier molecular flexibility index (Phi) is 4.59. The predicted molar refractivity (Wildman–Crippen MR) is 101 cm³/mol. The van der Waals surface area contributed by atoms with Gasteiger partial charge in [-0.1, -0.05) is 57.5 Å². The third-order valence-corrected chi connectivity index (χ3v) is 5.18. The number of nitrogens with zero attached hydrogens (tertiary/aromatic N) is 3. The Balaban J connectivity index is 1.60. The van der Waals surface area contributed by atoms with E-state index in [9.17, 15) is 4.79 Å². The SMILES string of the molecule is Cc1ccccc1-c1noc(C2CCC(=O)N2Cc2cccc(Br)c2)n1. The van der Waals surface area contributed by atoms with Crippen LogP contribution in [0.5, 0.6) is 0 Å². The van der Waals surface area contributed by atoms with Gasteiger partial charge >= 0.3 is 0 Å². The summed E-state index contributed by atoms with van der Waals surface area (Å²) in [6.07, 6.45) is 1.20. The minimum atomic E-state index is -0.174. The molecule has 1 atom stereocenters. The van der Waals surface area contributed by atoms with Crippen molar-refractivity contribution in [3.63, 3.8) is 0 Å². The molecule has 4 rings (SSSR count). The van der Waals surface area contributed by atoms with Crippen LogP contribution < -0.4 is 0 Å². The molecule has 0 aliphatic carbocycles. The summed E-state index contributed by atoms with van der Waals surface area (Å²) in [5.74, 6) is 1.19. The second-order valence-corrected chi connectivity index (χ2v) is 7.39. The lowest BCUT2D eigenvalue weighted by atomic mass is 10.1. The molecule has 5 nitrogen and oxygen atoms in total. The minimum absolute atomic E-state index is 0.116. The van der Waals surface area contributed by atoms with E-state index in [1.54, 1.807) is 0 Å². The van der Waals surface area contributed by atoms with Gasteiger partial charge in [0.15, 0.2) is 0 Å². The van der Waals surface area contributed by atoms with Crippen molar-refractivity contribution < 1.29 is 9.32 Å². The average Bonchev–Trinajstić information content (AvgIpc) is 3.23. The van der Waals surface area contributed by atoms with Gasteiger partial charge in [-0.3, -0.25) is 4.79 Å². The van der Waals surface area contributed by atoms with E-state index in [1.807, 2.05) is 60.4 Å². The lowest BCUT2D eigenvalue weighted by Crippen LogP contribution is -2.27. The molecule has 0 bridgehead atoms. The van der Waals surface area contributed by atoms with Crippen LogP contribution in [-0.4, -0.2) is 20.9 Å². The normalized spacial score (nSPS) is 17.1. The summed E-state index contributed by atoms with van der Waals surface area (Å²) < 4.78 is 6.53. The summed E-state index contributed by atoms with van der Waals surface area (Å²) in [4.78, 5) is 18.8. The molecule has 0 radical (unpaired) electrons. The van der Waals surface area contributed by atoms with Crippen molar-refractivity contribution in [2.24, 2.45) is 0 Å². The maximum Gasteiger partial charge on any atom is 0.249 e. The van der Waals surface area contributed by atoms with Gasteiger partial charge in [-0.25, -0.2) is 0 Å². The van der Waals surface area contributed by atoms with E-state index in [1.165, 1.54) is 0 Å². The van der Waals surface area contributed by atoms with Gasteiger partial charge in [0, 0.05) is 23.0 Å². The Morgan fingerprint density at radius 1 is 1.23 bits per heavy atom. The number of hydrogen-bond donors (Lipinski definition) is 0. The van der Waals surface area contributed by atoms with E-state index < -0.39 is 0 Å². The largest absolute Gasteiger partial charge is 0.337 e. The van der Waals surface area contributed by atoms with Crippen LogP contribution in [-0.2, 0) is 11.3 Å². The highest BCUT2D eigenvalue weighted by molar-refractivity contribution is 9.10. The van der Waals surface area contributed by atoms with Crippen molar-refractivity contribution in [2.75, 3.05) is 0 Å². The Morgan fingerprint density at radius 2 is 2.08 bits per heavy atom. The molecule has 0 saturated carbocycles. The number of carbonyl (C=O) groups excluding carboxylic acids is 1. The summed E-state index contributed by atoms with van der Waals surface area (Å²) in [5.41, 5.74) is 3.11. The smallest absolute Gasteiger partial charge is 0.249 e. The Labute approximate surface area is 160 Å². The lowest BCUT2D eigenvalue weighted by molar-refractivity contribution is -0.129. The first kappa shape index (κ1) is 17.0. The van der Waals surface area contributed by atoms with Gasteiger partial charge < -0.3 is 9.42 Å². The molecule has 6 heteroatoms. The highest BCUT2D eigenvalue weighted by Crippen LogP contribution is 2.34. The summed E-state index contributed by atoms with van der Waals surface area (Å²) in [7, 11) is 0. The summed E-state index contributed by atoms with van der Waals surface area (Å²) in [6.45, 7) is 2.55. The third-order valence-electron chi connectivity index (χ3n) is 4.68. The second-order valence-electron chi connectivity index (χ2n) is 6.48. The number of aryl methyl sites for hydroxylation is 1. The molecule has 132 valence electrons. The van der Waals surface area contributed by atoms with Crippen LogP contribution in [0.1, 0.15) is 35.9 Å². The van der Waals surface area contributed by atoms with Crippen LogP contribution in [0.25, 0.3) is 11.4 Å². The molecule has 1 aromatic heterocycles. The van der Waals surface area contributed by atoms with Crippen LogP contribution in [0, 0.1) is 6.92 Å². The van der Waals surface area contributed by atoms with E-state index >= 15 is 0 Å². The molecule has 2 heterocycles. The molecule has 1 unspecified atom stereocenters. The molecule has 3 aromatic rings. The van der Waals surface area contributed by atoms with Gasteiger partial charge in [-0.15, -0.1) is 0 Å². The molecule has 2 aromatic carbocycles. The van der Waals surface area contributed by atoms with Crippen LogP contribution in [0.15, 0.2) is 57.5 Å². The summed E-state index contributed by atoms with van der Waals surface area (Å²) in [6, 6.07) is 15.7. The van der Waals surface area contributed by atoms with Gasteiger partial charge in [0.05, 0.1) is 0 Å². The average molecular weight is 412 g/mol. The van der Waals surface area contributed by atoms with Crippen molar-refractivity contribution in [1.82, 2.24) is 15.0 Å². The number of hydrogen-bond acceptors (Lipinski definition) is 4. The zero-order valence-corrected chi connectivity index (χ0v) is 15.9. The third kappa shape index (κ3) is 3.29. The topological polar surface area (TPSA) is 59.2 Å². The van der Waals surface area contributed by atoms with E-state index in [4.69, 9.17) is 4.52 Å². The fourth-order valence-electron chi connectivity index (χ4n) is 3.32. The highest BCUT2D eigenvalue weighted by atomic mass is 79.9. The van der Waals surface area contributed by atoms with Gasteiger partial charge in [0.1, 0.15) is 6.04 Å². The van der Waals surface area contributed by atoms with Crippen LogP contribution in [0.4, 0.5) is 0 Å². The van der Waals surface area contributed by atoms with E-state index in [-0.39, 0.29) is 11.9 Å². The number of amides is 1. The highest BCUT2D eigenvalue weighted by Gasteiger charge is 2.36. The van der Waals surface area contributed by atoms with Crippen molar-refractivity contribution in [3.05, 3.63) is 70.0 Å². The van der Waals surface area contributed by atoms with E-state index in [0.717, 1.165) is 21.2 Å². The maximum atomic E-state index is 12.4. The monoisotopic (exact) mass is 411 g/mol. The van der Waals surface area contributed by atoms with Crippen molar-refractivity contribution >= 4 is 21.8 Å². The molecular formula is C20H18BrN3O2. The molecule has 1 aliphatic heterocycles. The first-order valence-electron chi connectivity index (χ1n) is 8.55. The van der Waals surface area contributed by atoms with E-state index in [2.05, 4.69) is 26.1 Å². The molecule has 1 fully saturated rings. The van der Waals surface area contributed by atoms with Gasteiger partial charge in [0.2, 0.25) is 17.6 Å². The van der Waals surface area contributed by atoms with Crippen LogP contribution >= 0.6 is 15.9 Å². The standard InChI is InChI=1S/C20H18BrN3O2/c1-13-5-2-3-8-16(13)19-22-20(26-23-19)17-9-10-18(25)24(17)12-14-6-4-7-15(21)11-14/h2-8,11,17H,9-10,12H2,1H3. The van der Waals surface area contributed by atoms with E-state index in [0.29, 0.717) is 31.1 Å². The lowest BCUT2D eigenvalue weighted by Gasteiger charge is -2.22. The number of carbonyl (C=O) groups is 1. The number of benzene rings is 2. The Hall–Kier alpha value is -2.47. The van der Waals surface area contributed by atoms with Crippen molar-refractivity contribution in [2.45, 2.75) is 32.4 Å². The molecule has 0 spiro atoms. The number of halogens is 1. The molecule has 0 N–H and O–H groups in total. The minimum Gasteiger partial charge on any atom is -0.337 e. The first-order valence-corrected chi connectivity index (χ1v) is 9.34. The molecule has 26 heavy (non-hydrogen) atoms. The first-order chi connectivity index (χ1) is 12.6. The number of aromatic nitrogens is 2.